The first-order chi connectivity index (χ1) is 20.3. The highest BCUT2D eigenvalue weighted by Crippen LogP contribution is 2.30. The van der Waals surface area contributed by atoms with Crippen molar-refractivity contribution < 1.29 is 0 Å². The molecule has 0 aliphatic rings. The molecule has 0 saturated carbocycles. The minimum absolute atomic E-state index is 0.0796. The number of imidazole rings is 1. The summed E-state index contributed by atoms with van der Waals surface area (Å²) >= 11 is 0. The van der Waals surface area contributed by atoms with Crippen LogP contribution in [0.1, 0.15) is 37.7 Å². The largest absolute Gasteiger partial charge is 0.330 e. The topological polar surface area (TPSA) is 127 Å². The molecular weight excluding hydrogens is 528 g/mol. The van der Waals surface area contributed by atoms with Crippen LogP contribution in [0.4, 0.5) is 0 Å². The van der Waals surface area contributed by atoms with E-state index in [4.69, 9.17) is 4.98 Å². The molecule has 10 heteroatoms. The molecule has 0 amide bonds. The quantitative estimate of drug-likeness (QED) is 0.280. The van der Waals surface area contributed by atoms with Gasteiger partial charge in [-0.2, -0.15) is 5.21 Å². The Balaban J connectivity index is 1.38. The molecule has 0 saturated heterocycles. The van der Waals surface area contributed by atoms with Crippen LogP contribution in [0.5, 0.6) is 0 Å². The monoisotopic (exact) mass is 560 g/mol. The van der Waals surface area contributed by atoms with Gasteiger partial charge in [0.1, 0.15) is 5.82 Å². The van der Waals surface area contributed by atoms with Crippen molar-refractivity contribution in [3.05, 3.63) is 117 Å². The molecule has 0 fully saturated rings. The molecule has 0 radical (unpaired) electrons. The van der Waals surface area contributed by atoms with Crippen molar-refractivity contribution in [3.63, 3.8) is 0 Å². The number of hydrogen-bond acceptors (Lipinski definition) is 6. The Kier molecular flexibility index (Phi) is 7.12. The number of aryl methyl sites for hydroxylation is 2. The van der Waals surface area contributed by atoms with Crippen LogP contribution >= 0.6 is 0 Å². The van der Waals surface area contributed by atoms with E-state index >= 15 is 0 Å². The molecule has 0 aliphatic heterocycles. The fourth-order valence-corrected chi connectivity index (χ4v) is 5.27. The van der Waals surface area contributed by atoms with Crippen molar-refractivity contribution in [2.45, 2.75) is 46.7 Å². The summed E-state index contributed by atoms with van der Waals surface area (Å²) in [6.45, 7) is 7.27. The molecule has 3 aromatic carbocycles. The predicted molar refractivity (Wildman–Crippen MR) is 162 cm³/mol. The molecule has 0 bridgehead atoms. The summed E-state index contributed by atoms with van der Waals surface area (Å²) in [5.74, 6) is 1.30. The molecule has 212 valence electrons. The highest BCUT2D eigenvalue weighted by molar-refractivity contribution is 5.80. The average Bonchev–Trinajstić information content (AvgIpc) is 3.62. The Bertz CT molecular complexity index is 1950. The number of nitrogens with one attached hydrogen (secondary N) is 2. The van der Waals surface area contributed by atoms with Gasteiger partial charge in [-0.15, -0.1) is 10.2 Å². The molecule has 3 aromatic heterocycles. The lowest BCUT2D eigenvalue weighted by Gasteiger charge is -2.18. The van der Waals surface area contributed by atoms with Crippen LogP contribution in [0, 0.1) is 5.41 Å². The number of aromatic nitrogens is 8. The Morgan fingerprint density at radius 3 is 2.21 bits per heavy atom. The number of H-pyrrole nitrogens is 2. The van der Waals surface area contributed by atoms with Crippen molar-refractivity contribution in [3.8, 4) is 22.5 Å². The van der Waals surface area contributed by atoms with Gasteiger partial charge in [-0.05, 0) is 39.3 Å². The number of rotatable bonds is 8. The summed E-state index contributed by atoms with van der Waals surface area (Å²) in [5.41, 5.74) is 4.88. The summed E-state index contributed by atoms with van der Waals surface area (Å²) in [5, 5.41) is 14.5. The van der Waals surface area contributed by atoms with Crippen molar-refractivity contribution in [1.82, 2.24) is 39.7 Å². The first-order valence-corrected chi connectivity index (χ1v) is 14.0. The van der Waals surface area contributed by atoms with Crippen LogP contribution in [0.3, 0.4) is 0 Å². The van der Waals surface area contributed by atoms with Crippen LogP contribution in [-0.4, -0.2) is 39.7 Å². The van der Waals surface area contributed by atoms with E-state index in [2.05, 4.69) is 70.6 Å². The second-order valence-corrected chi connectivity index (χ2v) is 11.6. The molecule has 0 spiro atoms. The van der Waals surface area contributed by atoms with Gasteiger partial charge < -0.3 is 4.57 Å². The molecule has 2 N–H and O–H groups in total. The Morgan fingerprint density at radius 1 is 0.810 bits per heavy atom. The lowest BCUT2D eigenvalue weighted by molar-refractivity contribution is 0.394. The van der Waals surface area contributed by atoms with Gasteiger partial charge in [0.2, 0.25) is 5.82 Å². The molecule has 0 unspecified atom stereocenters. The normalized spacial score (nSPS) is 11.8. The first-order valence-electron chi connectivity index (χ1n) is 14.0. The second kappa shape index (κ2) is 11.0. The van der Waals surface area contributed by atoms with Crippen LogP contribution in [0.25, 0.3) is 33.7 Å². The van der Waals surface area contributed by atoms with Crippen molar-refractivity contribution >= 4 is 11.2 Å². The predicted octanol–water partition coefficient (Wildman–Crippen LogP) is 4.61. The van der Waals surface area contributed by atoms with Crippen LogP contribution in [0.2, 0.25) is 0 Å². The summed E-state index contributed by atoms with van der Waals surface area (Å²) in [7, 11) is 0. The second-order valence-electron chi connectivity index (χ2n) is 11.6. The third-order valence-electron chi connectivity index (χ3n) is 7.24. The van der Waals surface area contributed by atoms with Gasteiger partial charge in [-0.3, -0.25) is 14.3 Å². The number of tetrazole rings is 1. The molecule has 10 nitrogen and oxygen atoms in total. The molecule has 0 atom stereocenters. The summed E-state index contributed by atoms with van der Waals surface area (Å²) in [6.07, 6.45) is 1.29. The standard InChI is InChI=1S/C32H32N8O2/c1-32(2,3)19-26-33-29-27(30(41)34-31(42)39(29)18-17-21-9-5-4-6-10-21)40(26)20-22-13-15-23(16-14-22)24-11-7-8-12-25(24)28-35-37-38-36-28/h4-16H,17-20H2,1-3H3,(H,34,41,42)(H,35,36,37,38). The van der Waals surface area contributed by atoms with E-state index in [0.717, 1.165) is 33.6 Å². The van der Waals surface area contributed by atoms with Gasteiger partial charge in [0.15, 0.2) is 11.2 Å². The van der Waals surface area contributed by atoms with E-state index in [0.29, 0.717) is 42.9 Å². The highest BCUT2D eigenvalue weighted by Gasteiger charge is 2.23. The van der Waals surface area contributed by atoms with E-state index in [1.165, 1.54) is 0 Å². The zero-order valence-electron chi connectivity index (χ0n) is 23.8. The van der Waals surface area contributed by atoms with Crippen LogP contribution < -0.4 is 11.2 Å². The third-order valence-corrected chi connectivity index (χ3v) is 7.24. The lowest BCUT2D eigenvalue weighted by atomic mass is 9.92. The molecule has 0 aliphatic carbocycles. The number of aromatic amines is 2. The Morgan fingerprint density at radius 2 is 1.52 bits per heavy atom. The number of nitrogens with zero attached hydrogens (tertiary/aromatic N) is 6. The number of benzene rings is 3. The highest BCUT2D eigenvalue weighted by atomic mass is 16.2. The zero-order chi connectivity index (χ0) is 29.3. The van der Waals surface area contributed by atoms with E-state index < -0.39 is 11.2 Å². The maximum Gasteiger partial charge on any atom is 0.330 e. The molecule has 6 aromatic rings. The first kappa shape index (κ1) is 27.1. The minimum atomic E-state index is -0.444. The van der Waals surface area contributed by atoms with E-state index in [1.54, 1.807) is 4.57 Å². The summed E-state index contributed by atoms with van der Waals surface area (Å²) in [4.78, 5) is 33.7. The van der Waals surface area contributed by atoms with Crippen molar-refractivity contribution in [2.24, 2.45) is 5.41 Å². The fraction of sp³-hybridized carbons (Fsp3) is 0.250. The molecule has 6 rings (SSSR count). The van der Waals surface area contributed by atoms with Crippen LogP contribution in [0.15, 0.2) is 88.5 Å². The molecule has 42 heavy (non-hydrogen) atoms. The van der Waals surface area contributed by atoms with E-state index in [9.17, 15) is 9.59 Å². The Labute approximate surface area is 242 Å². The third kappa shape index (κ3) is 5.56. The van der Waals surface area contributed by atoms with Crippen molar-refractivity contribution in [1.29, 1.82) is 0 Å². The van der Waals surface area contributed by atoms with Crippen molar-refractivity contribution in [2.75, 3.05) is 0 Å². The molecule has 3 heterocycles. The summed E-state index contributed by atoms with van der Waals surface area (Å²) in [6, 6.07) is 26.1. The smallest absolute Gasteiger partial charge is 0.318 e. The average molecular weight is 561 g/mol. The Hall–Kier alpha value is -5.12. The number of fused-ring (bicyclic) bond motifs is 1. The maximum atomic E-state index is 13.3. The minimum Gasteiger partial charge on any atom is -0.318 e. The van der Waals surface area contributed by atoms with Gasteiger partial charge in [0.05, 0.1) is 0 Å². The van der Waals surface area contributed by atoms with Gasteiger partial charge in [0, 0.05) is 25.1 Å². The number of hydrogen-bond donors (Lipinski definition) is 2. The zero-order valence-corrected chi connectivity index (χ0v) is 23.8. The van der Waals surface area contributed by atoms with Crippen LogP contribution in [-0.2, 0) is 25.9 Å². The summed E-state index contributed by atoms with van der Waals surface area (Å²) < 4.78 is 3.55. The van der Waals surface area contributed by atoms with E-state index in [-0.39, 0.29) is 5.41 Å². The molecular formula is C32H32N8O2. The van der Waals surface area contributed by atoms with Gasteiger partial charge in [0.25, 0.3) is 5.56 Å². The lowest BCUT2D eigenvalue weighted by Crippen LogP contribution is -2.31. The fourth-order valence-electron chi connectivity index (χ4n) is 5.27. The maximum absolute atomic E-state index is 13.3. The van der Waals surface area contributed by atoms with E-state index in [1.807, 2.05) is 59.2 Å². The SMILES string of the molecule is CC(C)(C)Cc1nc2c(c(=O)[nH]c(=O)n2CCc2ccccc2)n1Cc1ccc(-c2ccccc2-c2nn[nH]n2)cc1. The van der Waals surface area contributed by atoms with Gasteiger partial charge >= 0.3 is 5.69 Å². The van der Waals surface area contributed by atoms with Gasteiger partial charge in [-0.1, -0.05) is 99.6 Å². The van der Waals surface area contributed by atoms with Gasteiger partial charge in [-0.25, -0.2) is 9.78 Å².